The number of para-hydroxylation sites is 2. The number of aromatic nitrogens is 2. The van der Waals surface area contributed by atoms with Gasteiger partial charge in [0.05, 0.1) is 28.5 Å². The van der Waals surface area contributed by atoms with Gasteiger partial charge in [0.25, 0.3) is 0 Å². The first-order valence-corrected chi connectivity index (χ1v) is 7.65. The minimum absolute atomic E-state index is 0.104. The number of halogens is 3. The minimum Gasteiger partial charge on any atom is -0.458 e. The van der Waals surface area contributed by atoms with Crippen LogP contribution in [0.2, 0.25) is 0 Å². The molecule has 7 heteroatoms. The normalized spacial score (nSPS) is 11.8. The molecule has 0 bridgehead atoms. The summed E-state index contributed by atoms with van der Waals surface area (Å²) in [5.74, 6) is -0.767. The van der Waals surface area contributed by atoms with Crippen LogP contribution in [0.15, 0.2) is 60.8 Å². The van der Waals surface area contributed by atoms with E-state index in [0.717, 1.165) is 17.7 Å². The number of carbonyl (C=O) groups excluding carboxylic acids is 1. The molecule has 0 radical (unpaired) electrons. The van der Waals surface area contributed by atoms with Crippen molar-refractivity contribution in [2.45, 2.75) is 12.8 Å². The zero-order valence-corrected chi connectivity index (χ0v) is 13.4. The summed E-state index contributed by atoms with van der Waals surface area (Å²) in [6, 6.07) is 12.2. The lowest BCUT2D eigenvalue weighted by atomic mass is 10.1. The highest BCUT2D eigenvalue weighted by Gasteiger charge is 2.33. The fourth-order valence-electron chi connectivity index (χ4n) is 2.32. The van der Waals surface area contributed by atoms with Crippen LogP contribution in [0.4, 0.5) is 13.2 Å². The van der Waals surface area contributed by atoms with Gasteiger partial charge in [-0.25, -0.2) is 9.78 Å². The molecule has 4 nitrogen and oxygen atoms in total. The molecule has 132 valence electrons. The Morgan fingerprint density at radius 3 is 2.50 bits per heavy atom. The smallest absolute Gasteiger partial charge is 0.416 e. The Balaban J connectivity index is 1.66. The van der Waals surface area contributed by atoms with Gasteiger partial charge < -0.3 is 4.74 Å². The maximum absolute atomic E-state index is 12.9. The maximum Gasteiger partial charge on any atom is 0.416 e. The van der Waals surface area contributed by atoms with E-state index in [9.17, 15) is 18.0 Å². The van der Waals surface area contributed by atoms with Crippen molar-refractivity contribution in [2.24, 2.45) is 0 Å². The van der Waals surface area contributed by atoms with E-state index in [-0.39, 0.29) is 5.56 Å². The van der Waals surface area contributed by atoms with Gasteiger partial charge in [0.1, 0.15) is 6.61 Å². The van der Waals surface area contributed by atoms with Gasteiger partial charge in [0.15, 0.2) is 0 Å². The molecule has 0 spiro atoms. The van der Waals surface area contributed by atoms with Gasteiger partial charge in [-0.3, -0.25) is 4.98 Å². The molecule has 0 amide bonds. The van der Waals surface area contributed by atoms with Crippen LogP contribution in [0.1, 0.15) is 16.8 Å². The fraction of sp³-hybridized carbons (Fsp3) is 0.105. The van der Waals surface area contributed by atoms with E-state index in [1.54, 1.807) is 6.07 Å². The van der Waals surface area contributed by atoms with E-state index < -0.39 is 24.3 Å². The van der Waals surface area contributed by atoms with Crippen LogP contribution in [0.5, 0.6) is 0 Å². The summed E-state index contributed by atoms with van der Waals surface area (Å²) in [6.45, 7) is -0.470. The van der Waals surface area contributed by atoms with Crippen LogP contribution in [0.3, 0.4) is 0 Å². The van der Waals surface area contributed by atoms with E-state index in [4.69, 9.17) is 4.74 Å². The lowest BCUT2D eigenvalue weighted by Crippen LogP contribution is -2.11. The van der Waals surface area contributed by atoms with Crippen molar-refractivity contribution in [3.8, 4) is 0 Å². The summed E-state index contributed by atoms with van der Waals surface area (Å²) in [6.07, 6.45) is -0.503. The van der Waals surface area contributed by atoms with Gasteiger partial charge >= 0.3 is 12.1 Å². The van der Waals surface area contributed by atoms with Gasteiger partial charge in [-0.05, 0) is 24.3 Å². The first kappa shape index (κ1) is 17.6. The predicted molar refractivity (Wildman–Crippen MR) is 89.8 cm³/mol. The van der Waals surface area contributed by atoms with Gasteiger partial charge in [0, 0.05) is 11.6 Å². The number of fused-ring (bicyclic) bond motifs is 1. The van der Waals surface area contributed by atoms with Crippen molar-refractivity contribution in [1.29, 1.82) is 0 Å². The van der Waals surface area contributed by atoms with Gasteiger partial charge in [-0.2, -0.15) is 13.2 Å². The number of rotatable bonds is 4. The van der Waals surface area contributed by atoms with Crippen LogP contribution in [0.25, 0.3) is 17.1 Å². The first-order chi connectivity index (χ1) is 12.4. The van der Waals surface area contributed by atoms with Crippen molar-refractivity contribution < 1.29 is 22.7 Å². The molecule has 1 aromatic heterocycles. The largest absolute Gasteiger partial charge is 0.458 e. The molecule has 0 unspecified atom stereocenters. The average molecular weight is 358 g/mol. The van der Waals surface area contributed by atoms with Crippen LogP contribution in [0, 0.1) is 0 Å². The highest BCUT2D eigenvalue weighted by atomic mass is 19.4. The van der Waals surface area contributed by atoms with Gasteiger partial charge in [-0.15, -0.1) is 0 Å². The number of hydrogen-bond donors (Lipinski definition) is 0. The number of alkyl halides is 3. The third-order valence-electron chi connectivity index (χ3n) is 3.55. The SMILES string of the molecule is O=C(/C=C/c1cnc2ccccc2n1)OCc1ccccc1C(F)(F)F. The van der Waals surface area contributed by atoms with Crippen LogP contribution < -0.4 is 0 Å². The van der Waals surface area contributed by atoms with Gasteiger partial charge in [0.2, 0.25) is 0 Å². The summed E-state index contributed by atoms with van der Waals surface area (Å²) in [5, 5.41) is 0. The van der Waals surface area contributed by atoms with Crippen LogP contribution >= 0.6 is 0 Å². The van der Waals surface area contributed by atoms with Gasteiger partial charge in [-0.1, -0.05) is 30.3 Å². The Hall–Kier alpha value is -3.22. The molecule has 0 fully saturated rings. The molecule has 0 aliphatic heterocycles. The topological polar surface area (TPSA) is 52.1 Å². The molecule has 3 rings (SSSR count). The van der Waals surface area contributed by atoms with E-state index >= 15 is 0 Å². The Morgan fingerprint density at radius 1 is 1.04 bits per heavy atom. The maximum atomic E-state index is 12.9. The molecule has 1 heterocycles. The molecular weight excluding hydrogens is 345 g/mol. The van der Waals surface area contributed by atoms with Crippen molar-refractivity contribution in [3.63, 3.8) is 0 Å². The lowest BCUT2D eigenvalue weighted by Gasteiger charge is -2.12. The molecule has 0 aliphatic rings. The number of esters is 1. The van der Waals surface area contributed by atoms with Crippen LogP contribution in [-0.4, -0.2) is 15.9 Å². The fourth-order valence-corrected chi connectivity index (χ4v) is 2.32. The summed E-state index contributed by atoms with van der Waals surface area (Å²) in [5.41, 5.74) is 0.902. The zero-order chi connectivity index (χ0) is 18.6. The van der Waals surface area contributed by atoms with E-state index in [0.29, 0.717) is 11.2 Å². The number of hydrogen-bond acceptors (Lipinski definition) is 4. The Labute approximate surface area is 147 Å². The third kappa shape index (κ3) is 4.24. The van der Waals surface area contributed by atoms with Crippen LogP contribution in [-0.2, 0) is 22.3 Å². The molecule has 26 heavy (non-hydrogen) atoms. The Bertz CT molecular complexity index is 968. The van der Waals surface area contributed by atoms with Crippen molar-refractivity contribution in [3.05, 3.63) is 77.6 Å². The number of ether oxygens (including phenoxy) is 1. The van der Waals surface area contributed by atoms with Crippen molar-refractivity contribution in [2.75, 3.05) is 0 Å². The zero-order valence-electron chi connectivity index (χ0n) is 13.4. The summed E-state index contributed by atoms with van der Waals surface area (Å²) in [7, 11) is 0. The summed E-state index contributed by atoms with van der Waals surface area (Å²) >= 11 is 0. The van der Waals surface area contributed by atoms with E-state index in [1.807, 2.05) is 18.2 Å². The second kappa shape index (κ2) is 7.35. The molecule has 0 saturated carbocycles. The molecule has 0 saturated heterocycles. The Morgan fingerprint density at radius 2 is 1.73 bits per heavy atom. The quantitative estimate of drug-likeness (QED) is 0.512. The second-order valence-electron chi connectivity index (χ2n) is 5.38. The molecule has 0 atom stereocenters. The first-order valence-electron chi connectivity index (χ1n) is 7.65. The Kier molecular flexibility index (Phi) is 4.97. The summed E-state index contributed by atoms with van der Waals surface area (Å²) < 4.78 is 43.6. The third-order valence-corrected chi connectivity index (χ3v) is 3.55. The number of benzene rings is 2. The molecule has 0 aliphatic carbocycles. The highest BCUT2D eigenvalue weighted by molar-refractivity contribution is 5.87. The summed E-state index contributed by atoms with van der Waals surface area (Å²) in [4.78, 5) is 20.3. The van der Waals surface area contributed by atoms with Crippen molar-refractivity contribution in [1.82, 2.24) is 9.97 Å². The standard InChI is InChI=1S/C19H13F3N2O2/c20-19(21,22)15-6-2-1-5-13(15)12-26-18(25)10-9-14-11-23-16-7-3-4-8-17(16)24-14/h1-11H,12H2/b10-9+. The monoisotopic (exact) mass is 358 g/mol. The molecule has 2 aromatic carbocycles. The second-order valence-corrected chi connectivity index (χ2v) is 5.38. The minimum atomic E-state index is -4.50. The van der Waals surface area contributed by atoms with E-state index in [2.05, 4.69) is 9.97 Å². The number of nitrogens with zero attached hydrogens (tertiary/aromatic N) is 2. The molecule has 3 aromatic rings. The predicted octanol–water partition coefficient (Wildman–Crippen LogP) is 4.41. The molecule has 0 N–H and O–H groups in total. The van der Waals surface area contributed by atoms with E-state index in [1.165, 1.54) is 30.5 Å². The number of carbonyl (C=O) groups is 1. The average Bonchev–Trinajstić information content (AvgIpc) is 2.64. The van der Waals surface area contributed by atoms with Crippen molar-refractivity contribution >= 4 is 23.1 Å². The highest BCUT2D eigenvalue weighted by Crippen LogP contribution is 2.32. The molecular formula is C19H13F3N2O2. The lowest BCUT2D eigenvalue weighted by molar-refractivity contribution is -0.143.